The predicted molar refractivity (Wildman–Crippen MR) is 108 cm³/mol. The van der Waals surface area contributed by atoms with Crippen LogP contribution in [0, 0.1) is 11.3 Å². The summed E-state index contributed by atoms with van der Waals surface area (Å²) in [6.07, 6.45) is 4.11. The molecule has 0 radical (unpaired) electrons. The fraction of sp³-hybridized carbons (Fsp3) is 0.273. The number of amides is 1. The van der Waals surface area contributed by atoms with Gasteiger partial charge in [0.25, 0.3) is 5.91 Å². The van der Waals surface area contributed by atoms with Gasteiger partial charge in [-0.05, 0) is 61.4 Å². The third-order valence-corrected chi connectivity index (χ3v) is 5.40. The lowest BCUT2D eigenvalue weighted by atomic mass is 10.1. The van der Waals surface area contributed by atoms with Gasteiger partial charge in [0.2, 0.25) is 11.8 Å². The molecule has 0 bridgehead atoms. The molecule has 29 heavy (non-hydrogen) atoms. The molecule has 1 aliphatic rings. The van der Waals surface area contributed by atoms with E-state index in [1.807, 2.05) is 17.0 Å². The molecule has 1 heterocycles. The van der Waals surface area contributed by atoms with E-state index in [-0.39, 0.29) is 18.5 Å². The molecule has 6 nitrogen and oxygen atoms in total. The van der Waals surface area contributed by atoms with Gasteiger partial charge >= 0.3 is 0 Å². The summed E-state index contributed by atoms with van der Waals surface area (Å²) < 4.78 is 5.82. The van der Waals surface area contributed by atoms with E-state index < -0.39 is 0 Å². The molecule has 7 heteroatoms. The summed E-state index contributed by atoms with van der Waals surface area (Å²) >= 11 is 5.93. The first-order valence-corrected chi connectivity index (χ1v) is 9.91. The van der Waals surface area contributed by atoms with Gasteiger partial charge in [-0.3, -0.25) is 4.79 Å². The van der Waals surface area contributed by atoms with Crippen molar-refractivity contribution < 1.29 is 9.21 Å². The summed E-state index contributed by atoms with van der Waals surface area (Å²) in [6, 6.07) is 16.1. The van der Waals surface area contributed by atoms with Crippen molar-refractivity contribution >= 4 is 17.5 Å². The van der Waals surface area contributed by atoms with Crippen LogP contribution in [-0.4, -0.2) is 27.0 Å². The number of hydrogen-bond acceptors (Lipinski definition) is 5. The average molecular weight is 407 g/mol. The standard InChI is InChI=1S/C22H19ClN4O2/c23-18-11-9-16(10-12-18)21-26-25-20(29-21)14-27(19-3-1-2-4-19)22(28)17-7-5-15(13-24)6-8-17/h5-12,19H,1-4,14H2. The molecule has 0 spiro atoms. The van der Waals surface area contributed by atoms with Crippen molar-refractivity contribution in [1.29, 1.82) is 5.26 Å². The van der Waals surface area contributed by atoms with Gasteiger partial charge < -0.3 is 9.32 Å². The zero-order valence-electron chi connectivity index (χ0n) is 15.7. The monoisotopic (exact) mass is 406 g/mol. The highest BCUT2D eigenvalue weighted by Crippen LogP contribution is 2.27. The normalized spacial score (nSPS) is 13.9. The van der Waals surface area contributed by atoms with Crippen LogP contribution in [0.5, 0.6) is 0 Å². The lowest BCUT2D eigenvalue weighted by Crippen LogP contribution is -2.38. The van der Waals surface area contributed by atoms with E-state index in [4.69, 9.17) is 21.3 Å². The minimum absolute atomic E-state index is 0.0902. The van der Waals surface area contributed by atoms with Crippen LogP contribution in [0.4, 0.5) is 0 Å². The van der Waals surface area contributed by atoms with E-state index in [1.54, 1.807) is 36.4 Å². The van der Waals surface area contributed by atoms with Gasteiger partial charge in [0.1, 0.15) is 0 Å². The van der Waals surface area contributed by atoms with Crippen molar-refractivity contribution in [3.05, 3.63) is 70.6 Å². The highest BCUT2D eigenvalue weighted by Gasteiger charge is 2.29. The van der Waals surface area contributed by atoms with E-state index in [1.165, 1.54) is 0 Å². The number of benzene rings is 2. The lowest BCUT2D eigenvalue weighted by molar-refractivity contribution is 0.0645. The minimum atomic E-state index is -0.0902. The Morgan fingerprint density at radius 3 is 2.45 bits per heavy atom. The molecule has 1 fully saturated rings. The molecular weight excluding hydrogens is 388 g/mol. The fourth-order valence-electron chi connectivity index (χ4n) is 3.61. The largest absolute Gasteiger partial charge is 0.419 e. The van der Waals surface area contributed by atoms with Crippen molar-refractivity contribution in [3.63, 3.8) is 0 Å². The Labute approximate surface area is 173 Å². The third kappa shape index (κ3) is 4.30. The van der Waals surface area contributed by atoms with Crippen molar-refractivity contribution in [3.8, 4) is 17.5 Å². The molecule has 4 rings (SSSR count). The minimum Gasteiger partial charge on any atom is -0.419 e. The first-order chi connectivity index (χ1) is 14.1. The Hall–Kier alpha value is -3.17. The molecule has 0 aliphatic heterocycles. The maximum Gasteiger partial charge on any atom is 0.254 e. The van der Waals surface area contributed by atoms with Crippen LogP contribution in [0.3, 0.4) is 0 Å². The molecule has 3 aromatic rings. The maximum absolute atomic E-state index is 13.2. The van der Waals surface area contributed by atoms with Crippen molar-refractivity contribution in [2.45, 2.75) is 38.3 Å². The van der Waals surface area contributed by atoms with Gasteiger partial charge in [-0.2, -0.15) is 5.26 Å². The number of halogens is 1. The SMILES string of the molecule is N#Cc1ccc(C(=O)N(Cc2nnc(-c3ccc(Cl)cc3)o2)C2CCCC2)cc1. The molecule has 0 N–H and O–H groups in total. The van der Waals surface area contributed by atoms with Gasteiger partial charge in [0, 0.05) is 22.2 Å². The third-order valence-electron chi connectivity index (χ3n) is 5.15. The van der Waals surface area contributed by atoms with E-state index >= 15 is 0 Å². The summed E-state index contributed by atoms with van der Waals surface area (Å²) in [5, 5.41) is 17.9. The Morgan fingerprint density at radius 2 is 1.79 bits per heavy atom. The first-order valence-electron chi connectivity index (χ1n) is 9.53. The van der Waals surface area contributed by atoms with Crippen molar-refractivity contribution in [2.24, 2.45) is 0 Å². The number of nitriles is 1. The highest BCUT2D eigenvalue weighted by molar-refractivity contribution is 6.30. The van der Waals surface area contributed by atoms with E-state index in [2.05, 4.69) is 16.3 Å². The second kappa shape index (κ2) is 8.46. The Morgan fingerprint density at radius 1 is 1.10 bits per heavy atom. The molecule has 2 aromatic carbocycles. The first kappa shape index (κ1) is 19.2. The van der Waals surface area contributed by atoms with Crippen LogP contribution in [0.15, 0.2) is 52.9 Å². The second-order valence-corrected chi connectivity index (χ2v) is 7.50. The Balaban J connectivity index is 1.57. The van der Waals surface area contributed by atoms with Crippen molar-refractivity contribution in [1.82, 2.24) is 15.1 Å². The van der Waals surface area contributed by atoms with Crippen LogP contribution < -0.4 is 0 Å². The van der Waals surface area contributed by atoms with Crippen LogP contribution in [-0.2, 0) is 6.54 Å². The number of aromatic nitrogens is 2. The summed E-state index contributed by atoms with van der Waals surface area (Å²) in [7, 11) is 0. The van der Waals surface area contributed by atoms with Crippen LogP contribution in [0.2, 0.25) is 5.02 Å². The van der Waals surface area contributed by atoms with Crippen molar-refractivity contribution in [2.75, 3.05) is 0 Å². The smallest absolute Gasteiger partial charge is 0.254 e. The van der Waals surface area contributed by atoms with E-state index in [9.17, 15) is 4.79 Å². The molecule has 0 unspecified atom stereocenters. The highest BCUT2D eigenvalue weighted by atomic mass is 35.5. The Bertz CT molecular complexity index is 1030. The summed E-state index contributed by atoms with van der Waals surface area (Å²) in [4.78, 5) is 15.0. The molecule has 0 atom stereocenters. The Kier molecular flexibility index (Phi) is 5.59. The lowest BCUT2D eigenvalue weighted by Gasteiger charge is -2.27. The molecule has 1 aliphatic carbocycles. The zero-order chi connectivity index (χ0) is 20.2. The molecule has 1 aromatic heterocycles. The average Bonchev–Trinajstić information content (AvgIpc) is 3.44. The molecule has 1 amide bonds. The number of nitrogens with zero attached hydrogens (tertiary/aromatic N) is 4. The molecular formula is C22H19ClN4O2. The zero-order valence-corrected chi connectivity index (χ0v) is 16.5. The molecule has 146 valence electrons. The number of carbonyl (C=O) groups is 1. The van der Waals surface area contributed by atoms with E-state index in [0.29, 0.717) is 27.9 Å². The second-order valence-electron chi connectivity index (χ2n) is 7.07. The molecule has 1 saturated carbocycles. The number of hydrogen-bond donors (Lipinski definition) is 0. The predicted octanol–water partition coefficient (Wildman–Crippen LogP) is 4.85. The summed E-state index contributed by atoms with van der Waals surface area (Å²) in [5.74, 6) is 0.699. The van der Waals surface area contributed by atoms with Crippen LogP contribution >= 0.6 is 11.6 Å². The fourth-order valence-corrected chi connectivity index (χ4v) is 3.73. The van der Waals surface area contributed by atoms with Gasteiger partial charge in [0.05, 0.1) is 18.2 Å². The topological polar surface area (TPSA) is 83.0 Å². The molecule has 0 saturated heterocycles. The van der Waals surface area contributed by atoms with E-state index in [0.717, 1.165) is 31.2 Å². The quantitative estimate of drug-likeness (QED) is 0.605. The number of rotatable bonds is 5. The van der Waals surface area contributed by atoms with Crippen LogP contribution in [0.1, 0.15) is 47.5 Å². The van der Waals surface area contributed by atoms with Gasteiger partial charge in [-0.25, -0.2) is 0 Å². The number of carbonyl (C=O) groups excluding carboxylic acids is 1. The van der Waals surface area contributed by atoms with Gasteiger partial charge in [-0.15, -0.1) is 10.2 Å². The van der Waals surface area contributed by atoms with Gasteiger partial charge in [0.15, 0.2) is 0 Å². The van der Waals surface area contributed by atoms with Crippen LogP contribution in [0.25, 0.3) is 11.5 Å². The summed E-state index contributed by atoms with van der Waals surface area (Å²) in [5.41, 5.74) is 1.85. The van der Waals surface area contributed by atoms with Gasteiger partial charge in [-0.1, -0.05) is 24.4 Å². The summed E-state index contributed by atoms with van der Waals surface area (Å²) in [6.45, 7) is 0.254. The maximum atomic E-state index is 13.2.